The number of carbonyl (C=O) groups is 3. The minimum Gasteiger partial charge on any atom is -0.493 e. The lowest BCUT2D eigenvalue weighted by molar-refractivity contribution is -0.144. The maximum absolute atomic E-state index is 14.0. The number of methoxy groups -OCH3 is 3. The Balaban J connectivity index is 1.57. The molecule has 0 heterocycles. The number of nitrogens with one attached hydrogen (secondary N) is 3. The predicted molar refractivity (Wildman–Crippen MR) is 191 cm³/mol. The number of carboxylic acids is 1. The van der Waals surface area contributed by atoms with Crippen molar-refractivity contribution in [3.63, 3.8) is 0 Å². The van der Waals surface area contributed by atoms with Crippen LogP contribution in [0.3, 0.4) is 0 Å². The number of benzene rings is 4. The van der Waals surface area contributed by atoms with Crippen LogP contribution >= 0.6 is 0 Å². The molecule has 2 amide bonds. The lowest BCUT2D eigenvalue weighted by atomic mass is 9.85. The fraction of sp³-hybridized carbons (Fsp3) is 0.359. The molecule has 266 valence electrons. The first-order valence-electron chi connectivity index (χ1n) is 16.4. The number of aliphatic hydroxyl groups is 1. The summed E-state index contributed by atoms with van der Waals surface area (Å²) in [4.78, 5) is 40.1. The van der Waals surface area contributed by atoms with E-state index in [1.165, 1.54) is 21.3 Å². The third-order valence-corrected chi connectivity index (χ3v) is 8.61. The van der Waals surface area contributed by atoms with Crippen LogP contribution < -0.4 is 30.2 Å². The highest BCUT2D eigenvalue weighted by atomic mass is 16.5. The summed E-state index contributed by atoms with van der Waals surface area (Å²) in [5.41, 5.74) is 1.44. The van der Waals surface area contributed by atoms with Gasteiger partial charge in [0.25, 0.3) is 0 Å². The van der Waals surface area contributed by atoms with Gasteiger partial charge in [-0.3, -0.25) is 19.7 Å². The summed E-state index contributed by atoms with van der Waals surface area (Å²) in [5, 5.41) is 32.6. The van der Waals surface area contributed by atoms with Gasteiger partial charge in [0.15, 0.2) is 11.5 Å². The van der Waals surface area contributed by atoms with E-state index in [1.54, 1.807) is 12.1 Å². The Labute approximate surface area is 292 Å². The van der Waals surface area contributed by atoms with Crippen LogP contribution in [0.2, 0.25) is 0 Å². The summed E-state index contributed by atoms with van der Waals surface area (Å²) in [7, 11) is 4.42. The molecule has 0 fully saturated rings. The average Bonchev–Trinajstić information content (AvgIpc) is 3.09. The van der Waals surface area contributed by atoms with Gasteiger partial charge < -0.3 is 35.1 Å². The smallest absolute Gasteiger partial charge is 0.323 e. The fourth-order valence-electron chi connectivity index (χ4n) is 6.01. The van der Waals surface area contributed by atoms with Gasteiger partial charge in [-0.15, -0.1) is 0 Å². The molecule has 4 rings (SSSR count). The molecular weight excluding hydrogens is 638 g/mol. The third-order valence-electron chi connectivity index (χ3n) is 8.61. The zero-order valence-electron chi connectivity index (χ0n) is 29.4. The maximum atomic E-state index is 14.0. The second-order valence-corrected chi connectivity index (χ2v) is 13.2. The molecule has 0 radical (unpaired) electrons. The maximum Gasteiger partial charge on any atom is 0.323 e. The summed E-state index contributed by atoms with van der Waals surface area (Å²) >= 11 is 0. The lowest BCUT2D eigenvalue weighted by Crippen LogP contribution is -2.61. The van der Waals surface area contributed by atoms with Crippen LogP contribution in [0.5, 0.6) is 17.2 Å². The number of hydrogen-bond acceptors (Lipinski definition) is 8. The molecule has 5 N–H and O–H groups in total. The number of rotatable bonds is 16. The first-order chi connectivity index (χ1) is 23.9. The normalized spacial score (nSPS) is 13.8. The lowest BCUT2D eigenvalue weighted by Gasteiger charge is -2.34. The molecule has 0 saturated carbocycles. The van der Waals surface area contributed by atoms with E-state index < -0.39 is 41.5 Å². The van der Waals surface area contributed by atoms with Crippen molar-refractivity contribution in [1.29, 1.82) is 0 Å². The average molecular weight is 686 g/mol. The van der Waals surface area contributed by atoms with Crippen molar-refractivity contribution < 1.29 is 38.8 Å². The van der Waals surface area contributed by atoms with E-state index in [1.807, 2.05) is 93.6 Å². The Morgan fingerprint density at radius 2 is 1.42 bits per heavy atom. The van der Waals surface area contributed by atoms with E-state index >= 15 is 0 Å². The van der Waals surface area contributed by atoms with Crippen LogP contribution in [0.15, 0.2) is 84.9 Å². The highest BCUT2D eigenvalue weighted by Crippen LogP contribution is 2.39. The molecule has 4 atom stereocenters. The van der Waals surface area contributed by atoms with Crippen LogP contribution in [-0.2, 0) is 33.8 Å². The summed E-state index contributed by atoms with van der Waals surface area (Å²) in [6, 6.07) is 22.5. The van der Waals surface area contributed by atoms with Gasteiger partial charge in [-0.25, -0.2) is 0 Å². The van der Waals surface area contributed by atoms with E-state index in [0.29, 0.717) is 22.8 Å². The SMILES string of the molecule is COc1ccc(CN[C@@H](C(=O)O)[C@H](O)[C@H](Cc2ccccc2)NC(=O)C(NC(=O)Cc2cccc3ccccc23)C(C)(C)C)c(OC)c1OC. The first-order valence-corrected chi connectivity index (χ1v) is 16.4. The van der Waals surface area contributed by atoms with Crippen molar-refractivity contribution >= 4 is 28.6 Å². The highest BCUT2D eigenvalue weighted by molar-refractivity contribution is 5.93. The van der Waals surface area contributed by atoms with Gasteiger partial charge in [0.1, 0.15) is 18.2 Å². The van der Waals surface area contributed by atoms with E-state index in [-0.39, 0.29) is 25.3 Å². The van der Waals surface area contributed by atoms with Crippen molar-refractivity contribution in [2.45, 2.75) is 64.4 Å². The largest absolute Gasteiger partial charge is 0.493 e. The summed E-state index contributed by atoms with van der Waals surface area (Å²) in [5.74, 6) is -1.09. The van der Waals surface area contributed by atoms with Crippen molar-refractivity contribution in [2.75, 3.05) is 21.3 Å². The van der Waals surface area contributed by atoms with Gasteiger partial charge in [-0.05, 0) is 39.8 Å². The number of carboxylic acid groups (broad SMARTS) is 1. The molecule has 0 aliphatic carbocycles. The van der Waals surface area contributed by atoms with Gasteiger partial charge in [0, 0.05) is 12.1 Å². The second kappa shape index (κ2) is 17.0. The van der Waals surface area contributed by atoms with Crippen LogP contribution in [0.4, 0.5) is 0 Å². The fourth-order valence-corrected chi connectivity index (χ4v) is 6.01. The molecule has 0 saturated heterocycles. The van der Waals surface area contributed by atoms with Crippen LogP contribution in [0.25, 0.3) is 10.8 Å². The molecule has 0 aliphatic heterocycles. The molecule has 11 nitrogen and oxygen atoms in total. The van der Waals surface area contributed by atoms with E-state index in [2.05, 4.69) is 16.0 Å². The Bertz CT molecular complexity index is 1770. The van der Waals surface area contributed by atoms with Gasteiger partial charge in [-0.1, -0.05) is 99.6 Å². The number of aliphatic carboxylic acids is 1. The monoisotopic (exact) mass is 685 g/mol. The number of amides is 2. The van der Waals surface area contributed by atoms with Crippen molar-refractivity contribution in [3.05, 3.63) is 102 Å². The van der Waals surface area contributed by atoms with Crippen molar-refractivity contribution in [1.82, 2.24) is 16.0 Å². The number of fused-ring (bicyclic) bond motifs is 1. The molecule has 0 aliphatic rings. The molecule has 0 bridgehead atoms. The number of ether oxygens (including phenoxy) is 3. The van der Waals surface area contributed by atoms with Crippen LogP contribution in [0, 0.1) is 5.41 Å². The Kier molecular flexibility index (Phi) is 12.8. The number of hydrogen-bond donors (Lipinski definition) is 5. The van der Waals surface area contributed by atoms with Crippen LogP contribution in [0.1, 0.15) is 37.5 Å². The molecule has 4 aromatic rings. The van der Waals surface area contributed by atoms with Gasteiger partial charge in [-0.2, -0.15) is 0 Å². The first kappa shape index (κ1) is 37.7. The Morgan fingerprint density at radius 3 is 2.06 bits per heavy atom. The summed E-state index contributed by atoms with van der Waals surface area (Å²) < 4.78 is 16.4. The zero-order chi connectivity index (χ0) is 36.4. The standard InChI is InChI=1S/C39H47N3O8/c1-39(2,3)36(42-31(43)22-26-17-12-16-25-15-10-11-18-28(25)26)37(45)41-29(21-24-13-8-7-9-14-24)33(44)32(38(46)47)40-23-27-19-20-30(48-4)35(50-6)34(27)49-5/h7-20,29,32-33,36,40,44H,21-23H2,1-6H3,(H,41,45)(H,42,43)(H,46,47)/t29-,32+,33+,36?/m0/s1. The van der Waals surface area contributed by atoms with Gasteiger partial charge in [0.2, 0.25) is 17.6 Å². The summed E-state index contributed by atoms with van der Waals surface area (Å²) in [6.45, 7) is 5.47. The second-order valence-electron chi connectivity index (χ2n) is 13.2. The third kappa shape index (κ3) is 9.31. The highest BCUT2D eigenvalue weighted by Gasteiger charge is 2.38. The van der Waals surface area contributed by atoms with Gasteiger partial charge >= 0.3 is 5.97 Å². The minimum atomic E-state index is -1.59. The van der Waals surface area contributed by atoms with Gasteiger partial charge in [0.05, 0.1) is 33.8 Å². The topological polar surface area (TPSA) is 155 Å². The Hall–Kier alpha value is -5.13. The Morgan fingerprint density at radius 1 is 0.760 bits per heavy atom. The molecule has 50 heavy (non-hydrogen) atoms. The molecule has 0 spiro atoms. The predicted octanol–water partition coefficient (Wildman–Crippen LogP) is 4.27. The molecule has 11 heteroatoms. The van der Waals surface area contributed by atoms with Crippen molar-refractivity contribution in [2.24, 2.45) is 5.41 Å². The molecular formula is C39H47N3O8. The molecule has 1 unspecified atom stereocenters. The number of carbonyl (C=O) groups excluding carboxylic acids is 2. The molecule has 0 aromatic heterocycles. The van der Waals surface area contributed by atoms with Crippen LogP contribution in [-0.4, -0.2) is 73.6 Å². The number of aliphatic hydroxyl groups excluding tert-OH is 1. The van der Waals surface area contributed by atoms with E-state index in [9.17, 15) is 24.6 Å². The quantitative estimate of drug-likeness (QED) is 0.116. The van der Waals surface area contributed by atoms with Crippen molar-refractivity contribution in [3.8, 4) is 17.2 Å². The van der Waals surface area contributed by atoms with E-state index in [4.69, 9.17) is 14.2 Å². The molecule has 4 aromatic carbocycles. The zero-order valence-corrected chi connectivity index (χ0v) is 29.4. The summed E-state index contributed by atoms with van der Waals surface area (Å²) in [6.07, 6.45) is -1.41. The van der Waals surface area contributed by atoms with E-state index in [0.717, 1.165) is 21.9 Å². The minimum absolute atomic E-state index is 0.0155.